The predicted octanol–water partition coefficient (Wildman–Crippen LogP) is 1.50. The Kier molecular flexibility index (Phi) is 8.67. The lowest BCUT2D eigenvalue weighted by Gasteiger charge is -2.11. The monoisotopic (exact) mass is 416 g/mol. The van der Waals surface area contributed by atoms with E-state index in [0.717, 1.165) is 11.1 Å². The Morgan fingerprint density at radius 3 is 2.24 bits per heavy atom. The summed E-state index contributed by atoms with van der Waals surface area (Å²) in [6.07, 6.45) is 1.90. The van der Waals surface area contributed by atoms with Crippen LogP contribution in [0.2, 0.25) is 0 Å². The molecule has 0 unspecified atom stereocenters. The van der Waals surface area contributed by atoms with Gasteiger partial charge in [-0.1, -0.05) is 42.5 Å². The largest absolute Gasteiger partial charge is 0.357 e. The molecule has 3 N–H and O–H groups in total. The standard InChI is InChI=1S/C21H28N4O3S/c1-3-22-21(25-16-20(26)24-15-18-7-5-4-6-8-18)23-14-13-17-9-11-19(12-10-17)29(2,27)28/h4-12H,3,13-16H2,1-2H3,(H,24,26)(H2,22,23,25). The molecule has 1 amide bonds. The van der Waals surface area contributed by atoms with Crippen LogP contribution in [-0.2, 0) is 27.6 Å². The van der Waals surface area contributed by atoms with E-state index in [4.69, 9.17) is 0 Å². The number of nitrogens with zero attached hydrogens (tertiary/aromatic N) is 1. The summed E-state index contributed by atoms with van der Waals surface area (Å²) in [7, 11) is -3.18. The molecule has 2 rings (SSSR count). The number of carbonyl (C=O) groups is 1. The fraction of sp³-hybridized carbons (Fsp3) is 0.333. The molecule has 8 heteroatoms. The van der Waals surface area contributed by atoms with Crippen LogP contribution < -0.4 is 16.0 Å². The van der Waals surface area contributed by atoms with Gasteiger partial charge < -0.3 is 16.0 Å². The van der Waals surface area contributed by atoms with Crippen molar-refractivity contribution in [2.75, 3.05) is 25.9 Å². The van der Waals surface area contributed by atoms with Crippen LogP contribution in [0.1, 0.15) is 18.1 Å². The Hall–Kier alpha value is -2.87. The number of rotatable bonds is 9. The highest BCUT2D eigenvalue weighted by Crippen LogP contribution is 2.10. The smallest absolute Gasteiger partial charge is 0.242 e. The van der Waals surface area contributed by atoms with Gasteiger partial charge in [0.1, 0.15) is 6.54 Å². The molecule has 0 fully saturated rings. The highest BCUT2D eigenvalue weighted by molar-refractivity contribution is 7.90. The molecule has 0 atom stereocenters. The third-order valence-corrected chi connectivity index (χ3v) is 5.24. The van der Waals surface area contributed by atoms with Crippen LogP contribution in [0.5, 0.6) is 0 Å². The number of carbonyl (C=O) groups excluding carboxylic acids is 1. The minimum absolute atomic E-state index is 0.0330. The van der Waals surface area contributed by atoms with E-state index in [0.29, 0.717) is 36.9 Å². The van der Waals surface area contributed by atoms with E-state index < -0.39 is 9.84 Å². The molecule has 156 valence electrons. The normalized spacial score (nSPS) is 11.7. The topological polar surface area (TPSA) is 99.7 Å². The number of amides is 1. The van der Waals surface area contributed by atoms with Crippen molar-refractivity contribution in [1.29, 1.82) is 0 Å². The van der Waals surface area contributed by atoms with Gasteiger partial charge in [-0.15, -0.1) is 0 Å². The summed E-state index contributed by atoms with van der Waals surface area (Å²) in [6, 6.07) is 16.5. The summed E-state index contributed by atoms with van der Waals surface area (Å²) in [5.41, 5.74) is 2.05. The van der Waals surface area contributed by atoms with Gasteiger partial charge in [-0.25, -0.2) is 13.4 Å². The number of guanidine groups is 1. The van der Waals surface area contributed by atoms with Gasteiger partial charge in [-0.05, 0) is 36.6 Å². The van der Waals surface area contributed by atoms with Crippen LogP contribution in [0.3, 0.4) is 0 Å². The zero-order valence-corrected chi connectivity index (χ0v) is 17.6. The molecule has 2 aromatic carbocycles. The molecule has 0 aliphatic heterocycles. The molecule has 0 heterocycles. The number of hydrogen-bond acceptors (Lipinski definition) is 4. The van der Waals surface area contributed by atoms with E-state index in [1.54, 1.807) is 24.3 Å². The molecular weight excluding hydrogens is 388 g/mol. The van der Waals surface area contributed by atoms with Crippen molar-refractivity contribution in [2.24, 2.45) is 4.99 Å². The van der Waals surface area contributed by atoms with Gasteiger partial charge in [-0.2, -0.15) is 0 Å². The third-order valence-electron chi connectivity index (χ3n) is 4.12. The van der Waals surface area contributed by atoms with Crippen molar-refractivity contribution in [1.82, 2.24) is 16.0 Å². The molecule has 0 spiro atoms. The molecule has 0 aliphatic rings. The van der Waals surface area contributed by atoms with Crippen molar-refractivity contribution in [3.63, 3.8) is 0 Å². The summed E-state index contributed by atoms with van der Waals surface area (Å²) in [5.74, 6) is 0.414. The number of sulfone groups is 1. The molecule has 0 aromatic heterocycles. The van der Waals surface area contributed by atoms with Crippen molar-refractivity contribution in [3.8, 4) is 0 Å². The molecule has 0 bridgehead atoms. The average molecular weight is 417 g/mol. The van der Waals surface area contributed by atoms with E-state index in [1.165, 1.54) is 6.26 Å². The van der Waals surface area contributed by atoms with Crippen LogP contribution in [-0.4, -0.2) is 46.2 Å². The summed E-state index contributed by atoms with van der Waals surface area (Å²) in [5, 5.41) is 9.14. The Morgan fingerprint density at radius 2 is 1.62 bits per heavy atom. The second-order valence-corrected chi connectivity index (χ2v) is 8.57. The molecule has 0 aliphatic carbocycles. The Labute approximate surface area is 172 Å². The van der Waals surface area contributed by atoms with E-state index in [1.807, 2.05) is 37.3 Å². The number of benzene rings is 2. The van der Waals surface area contributed by atoms with E-state index in [2.05, 4.69) is 20.9 Å². The molecular formula is C21H28N4O3S. The Morgan fingerprint density at radius 1 is 0.931 bits per heavy atom. The summed E-state index contributed by atoms with van der Waals surface area (Å²) in [6.45, 7) is 3.75. The van der Waals surface area contributed by atoms with Crippen molar-refractivity contribution < 1.29 is 13.2 Å². The number of nitrogens with one attached hydrogen (secondary N) is 3. The third kappa shape index (κ3) is 8.35. The maximum Gasteiger partial charge on any atom is 0.242 e. The lowest BCUT2D eigenvalue weighted by Crippen LogP contribution is -2.39. The van der Waals surface area contributed by atoms with Gasteiger partial charge in [0.15, 0.2) is 15.8 Å². The van der Waals surface area contributed by atoms with Crippen molar-refractivity contribution >= 4 is 21.7 Å². The SMILES string of the molecule is CCNC(=NCC(=O)NCc1ccccc1)NCCc1ccc(S(C)(=O)=O)cc1. The fourth-order valence-corrected chi connectivity index (χ4v) is 3.20. The molecule has 29 heavy (non-hydrogen) atoms. The van der Waals surface area contributed by atoms with Crippen molar-refractivity contribution in [2.45, 2.75) is 24.8 Å². The maximum atomic E-state index is 12.0. The minimum atomic E-state index is -3.18. The first-order chi connectivity index (χ1) is 13.9. The van der Waals surface area contributed by atoms with Crippen LogP contribution in [0, 0.1) is 0 Å². The minimum Gasteiger partial charge on any atom is -0.357 e. The van der Waals surface area contributed by atoms with E-state index >= 15 is 0 Å². The lowest BCUT2D eigenvalue weighted by atomic mass is 10.1. The summed E-state index contributed by atoms with van der Waals surface area (Å²) in [4.78, 5) is 16.6. The van der Waals surface area contributed by atoms with Crippen molar-refractivity contribution in [3.05, 3.63) is 65.7 Å². The van der Waals surface area contributed by atoms with Crippen LogP contribution in [0.25, 0.3) is 0 Å². The van der Waals surface area contributed by atoms with Gasteiger partial charge >= 0.3 is 0 Å². The molecule has 0 radical (unpaired) electrons. The summed E-state index contributed by atoms with van der Waals surface area (Å²) >= 11 is 0. The van der Waals surface area contributed by atoms with Gasteiger partial charge in [0.25, 0.3) is 0 Å². The Balaban J connectivity index is 1.80. The van der Waals surface area contributed by atoms with Crippen LogP contribution in [0.15, 0.2) is 64.5 Å². The Bertz CT molecular complexity index is 911. The predicted molar refractivity (Wildman–Crippen MR) is 116 cm³/mol. The molecule has 0 saturated carbocycles. The summed E-state index contributed by atoms with van der Waals surface area (Å²) < 4.78 is 23.0. The van der Waals surface area contributed by atoms with Crippen LogP contribution >= 0.6 is 0 Å². The second-order valence-electron chi connectivity index (χ2n) is 6.55. The highest BCUT2D eigenvalue weighted by Gasteiger charge is 2.06. The zero-order valence-electron chi connectivity index (χ0n) is 16.8. The lowest BCUT2D eigenvalue weighted by molar-refractivity contribution is -0.119. The first kappa shape index (κ1) is 22.4. The first-order valence-electron chi connectivity index (χ1n) is 9.50. The quantitative estimate of drug-likeness (QED) is 0.425. The number of aliphatic imine (C=N–C) groups is 1. The highest BCUT2D eigenvalue weighted by atomic mass is 32.2. The van der Waals surface area contributed by atoms with Crippen LogP contribution in [0.4, 0.5) is 0 Å². The molecule has 2 aromatic rings. The average Bonchev–Trinajstić information content (AvgIpc) is 2.71. The maximum absolute atomic E-state index is 12.0. The molecule has 7 nitrogen and oxygen atoms in total. The van der Waals surface area contributed by atoms with E-state index in [-0.39, 0.29) is 12.5 Å². The fourth-order valence-electron chi connectivity index (χ4n) is 2.57. The first-order valence-corrected chi connectivity index (χ1v) is 11.4. The van der Waals surface area contributed by atoms with Gasteiger partial charge in [0.2, 0.25) is 5.91 Å². The molecule has 0 saturated heterocycles. The van der Waals surface area contributed by atoms with Gasteiger partial charge in [0, 0.05) is 25.9 Å². The van der Waals surface area contributed by atoms with E-state index in [9.17, 15) is 13.2 Å². The number of hydrogen-bond donors (Lipinski definition) is 3. The second kappa shape index (κ2) is 11.2. The zero-order chi connectivity index (χ0) is 21.1. The van der Waals surface area contributed by atoms with Gasteiger partial charge in [-0.3, -0.25) is 4.79 Å². The van der Waals surface area contributed by atoms with Gasteiger partial charge in [0.05, 0.1) is 4.90 Å².